The highest BCUT2D eigenvalue weighted by Gasteiger charge is 2.25. The number of nitrogens with one attached hydrogen (secondary N) is 1. The van der Waals surface area contributed by atoms with Crippen molar-refractivity contribution < 1.29 is 14.7 Å². The largest absolute Gasteiger partial charge is 0.465 e. The molecule has 6 nitrogen and oxygen atoms in total. The number of rotatable bonds is 3. The number of carbonyl (C=O) groups is 2. The molecule has 1 aromatic rings. The van der Waals surface area contributed by atoms with Gasteiger partial charge in [0.05, 0.1) is 17.3 Å². The van der Waals surface area contributed by atoms with Gasteiger partial charge in [0.15, 0.2) is 6.29 Å². The summed E-state index contributed by atoms with van der Waals surface area (Å²) in [5.74, 6) is 0. The van der Waals surface area contributed by atoms with Crippen LogP contribution in [0.25, 0.3) is 0 Å². The van der Waals surface area contributed by atoms with Crippen LogP contribution in [0.5, 0.6) is 0 Å². The summed E-state index contributed by atoms with van der Waals surface area (Å²) in [4.78, 5) is 27.3. The molecule has 7 heteroatoms. The average Bonchev–Trinajstić information content (AvgIpc) is 2.76. The van der Waals surface area contributed by atoms with E-state index in [1.807, 2.05) is 4.90 Å². The van der Waals surface area contributed by atoms with E-state index in [0.29, 0.717) is 35.9 Å². The second kappa shape index (κ2) is 5.22. The molecule has 1 fully saturated rings. The zero-order valence-corrected chi connectivity index (χ0v) is 10.2. The SMILES string of the molecule is O=Cc1cnc(Cl)cc1N1CCC(NC(=O)O)C1. The summed E-state index contributed by atoms with van der Waals surface area (Å²) in [5, 5.41) is 11.4. The van der Waals surface area contributed by atoms with Crippen molar-refractivity contribution in [3.8, 4) is 0 Å². The normalized spacial score (nSPS) is 18.7. The second-order valence-electron chi connectivity index (χ2n) is 4.06. The van der Waals surface area contributed by atoms with E-state index in [4.69, 9.17) is 16.7 Å². The standard InChI is InChI=1S/C11H12ClN3O3/c12-10-3-9(7(6-16)4-13-10)15-2-1-8(5-15)14-11(17)18/h3-4,6,8,14H,1-2,5H2,(H,17,18). The number of hydrogen-bond acceptors (Lipinski definition) is 4. The smallest absolute Gasteiger partial charge is 0.404 e. The molecule has 0 bridgehead atoms. The van der Waals surface area contributed by atoms with Crippen molar-refractivity contribution in [2.45, 2.75) is 12.5 Å². The number of pyridine rings is 1. The molecule has 1 amide bonds. The Labute approximate surface area is 109 Å². The van der Waals surface area contributed by atoms with Gasteiger partial charge in [0.25, 0.3) is 0 Å². The summed E-state index contributed by atoms with van der Waals surface area (Å²) < 4.78 is 0. The third-order valence-electron chi connectivity index (χ3n) is 2.86. The van der Waals surface area contributed by atoms with Crippen molar-refractivity contribution in [1.82, 2.24) is 10.3 Å². The first kappa shape index (κ1) is 12.6. The van der Waals surface area contributed by atoms with E-state index in [-0.39, 0.29) is 6.04 Å². The van der Waals surface area contributed by atoms with Gasteiger partial charge in [-0.3, -0.25) is 4.79 Å². The first-order valence-electron chi connectivity index (χ1n) is 5.45. The lowest BCUT2D eigenvalue weighted by Crippen LogP contribution is -2.36. The fraction of sp³-hybridized carbons (Fsp3) is 0.364. The number of anilines is 1. The molecule has 0 spiro atoms. The molecule has 96 valence electrons. The number of nitrogens with zero attached hydrogens (tertiary/aromatic N) is 2. The van der Waals surface area contributed by atoms with E-state index < -0.39 is 6.09 Å². The summed E-state index contributed by atoms with van der Waals surface area (Å²) in [7, 11) is 0. The van der Waals surface area contributed by atoms with Crippen molar-refractivity contribution in [3.05, 3.63) is 23.0 Å². The number of aldehydes is 1. The van der Waals surface area contributed by atoms with Crippen LogP contribution < -0.4 is 10.2 Å². The average molecular weight is 270 g/mol. The lowest BCUT2D eigenvalue weighted by atomic mass is 10.2. The Bertz CT molecular complexity index is 481. The van der Waals surface area contributed by atoms with Gasteiger partial charge in [0, 0.05) is 19.3 Å². The molecule has 1 aliphatic rings. The highest BCUT2D eigenvalue weighted by molar-refractivity contribution is 6.29. The van der Waals surface area contributed by atoms with Crippen molar-refractivity contribution in [3.63, 3.8) is 0 Å². The molecule has 1 unspecified atom stereocenters. The summed E-state index contributed by atoms with van der Waals surface area (Å²) in [6.07, 6.45) is 1.80. The minimum atomic E-state index is -1.04. The molecule has 1 aromatic heterocycles. The highest BCUT2D eigenvalue weighted by atomic mass is 35.5. The predicted molar refractivity (Wildman–Crippen MR) is 66.4 cm³/mol. The second-order valence-corrected chi connectivity index (χ2v) is 4.45. The predicted octanol–water partition coefficient (Wildman–Crippen LogP) is 1.39. The van der Waals surface area contributed by atoms with Crippen molar-refractivity contribution in [2.75, 3.05) is 18.0 Å². The third kappa shape index (κ3) is 2.70. The Hall–Kier alpha value is -1.82. The molecule has 18 heavy (non-hydrogen) atoms. The summed E-state index contributed by atoms with van der Waals surface area (Å²) in [6, 6.07) is 1.49. The maximum atomic E-state index is 10.9. The number of aromatic nitrogens is 1. The molecule has 1 atom stereocenters. The van der Waals surface area contributed by atoms with E-state index in [1.165, 1.54) is 6.20 Å². The summed E-state index contributed by atoms with van der Waals surface area (Å²) in [5.41, 5.74) is 1.15. The minimum Gasteiger partial charge on any atom is -0.465 e. The molecule has 0 saturated carbocycles. The zero-order chi connectivity index (χ0) is 13.1. The van der Waals surface area contributed by atoms with Gasteiger partial charge in [-0.1, -0.05) is 11.6 Å². The Morgan fingerprint density at radius 3 is 3.11 bits per heavy atom. The van der Waals surface area contributed by atoms with Crippen molar-refractivity contribution >= 4 is 29.7 Å². The van der Waals surface area contributed by atoms with E-state index in [1.54, 1.807) is 6.07 Å². The highest BCUT2D eigenvalue weighted by Crippen LogP contribution is 2.25. The van der Waals surface area contributed by atoms with E-state index >= 15 is 0 Å². The van der Waals surface area contributed by atoms with Crippen LogP contribution in [0.3, 0.4) is 0 Å². The first-order chi connectivity index (χ1) is 8.60. The van der Waals surface area contributed by atoms with Crippen LogP contribution in [0.15, 0.2) is 12.3 Å². The molecule has 1 aliphatic heterocycles. The minimum absolute atomic E-state index is 0.131. The van der Waals surface area contributed by atoms with Crippen LogP contribution in [0.1, 0.15) is 16.8 Å². The summed E-state index contributed by atoms with van der Waals surface area (Å²) in [6.45, 7) is 1.19. The lowest BCUT2D eigenvalue weighted by molar-refractivity contribution is 0.112. The number of carboxylic acid groups (broad SMARTS) is 1. The zero-order valence-electron chi connectivity index (χ0n) is 9.47. The molecule has 0 aromatic carbocycles. The fourth-order valence-electron chi connectivity index (χ4n) is 2.07. The molecule has 0 radical (unpaired) electrons. The van der Waals surface area contributed by atoms with Gasteiger partial charge in [-0.2, -0.15) is 0 Å². The summed E-state index contributed by atoms with van der Waals surface area (Å²) >= 11 is 5.81. The molecule has 2 heterocycles. The van der Waals surface area contributed by atoms with Crippen LogP contribution in [-0.2, 0) is 0 Å². The number of carbonyl (C=O) groups excluding carboxylic acids is 1. The van der Waals surface area contributed by atoms with Gasteiger partial charge in [-0.15, -0.1) is 0 Å². The topological polar surface area (TPSA) is 82.5 Å². The Morgan fingerprint density at radius 1 is 1.67 bits per heavy atom. The van der Waals surface area contributed by atoms with Gasteiger partial charge < -0.3 is 15.3 Å². The molecule has 2 N–H and O–H groups in total. The Morgan fingerprint density at radius 2 is 2.44 bits per heavy atom. The van der Waals surface area contributed by atoms with E-state index in [9.17, 15) is 9.59 Å². The third-order valence-corrected chi connectivity index (χ3v) is 3.07. The van der Waals surface area contributed by atoms with Gasteiger partial charge in [-0.25, -0.2) is 9.78 Å². The maximum absolute atomic E-state index is 10.9. The fourth-order valence-corrected chi connectivity index (χ4v) is 2.22. The van der Waals surface area contributed by atoms with E-state index in [2.05, 4.69) is 10.3 Å². The molecular weight excluding hydrogens is 258 g/mol. The van der Waals surface area contributed by atoms with Crippen LogP contribution in [-0.4, -0.2) is 41.6 Å². The van der Waals surface area contributed by atoms with Crippen LogP contribution in [0, 0.1) is 0 Å². The monoisotopic (exact) mass is 269 g/mol. The van der Waals surface area contributed by atoms with Gasteiger partial charge in [-0.05, 0) is 12.5 Å². The quantitative estimate of drug-likeness (QED) is 0.640. The van der Waals surface area contributed by atoms with Crippen LogP contribution in [0.2, 0.25) is 5.15 Å². The van der Waals surface area contributed by atoms with E-state index in [0.717, 1.165) is 6.29 Å². The Kier molecular flexibility index (Phi) is 3.66. The van der Waals surface area contributed by atoms with Crippen molar-refractivity contribution in [1.29, 1.82) is 0 Å². The lowest BCUT2D eigenvalue weighted by Gasteiger charge is -2.20. The van der Waals surface area contributed by atoms with Gasteiger partial charge in [0.2, 0.25) is 0 Å². The number of hydrogen-bond donors (Lipinski definition) is 2. The van der Waals surface area contributed by atoms with Crippen LogP contribution >= 0.6 is 11.6 Å². The number of amides is 1. The van der Waals surface area contributed by atoms with Crippen LogP contribution in [0.4, 0.5) is 10.5 Å². The first-order valence-corrected chi connectivity index (χ1v) is 5.83. The van der Waals surface area contributed by atoms with Gasteiger partial charge >= 0.3 is 6.09 Å². The Balaban J connectivity index is 2.15. The van der Waals surface area contributed by atoms with Gasteiger partial charge in [0.1, 0.15) is 5.15 Å². The molecule has 2 rings (SSSR count). The molecule has 1 saturated heterocycles. The maximum Gasteiger partial charge on any atom is 0.404 e. The molecule has 0 aliphatic carbocycles. The van der Waals surface area contributed by atoms with Crippen molar-refractivity contribution in [2.24, 2.45) is 0 Å². The molecular formula is C11H12ClN3O3. The number of halogens is 1.